The van der Waals surface area contributed by atoms with E-state index < -0.39 is 0 Å². The third-order valence-electron chi connectivity index (χ3n) is 1.72. The van der Waals surface area contributed by atoms with Crippen LogP contribution >= 0.6 is 27.5 Å². The molecule has 0 heterocycles. The lowest BCUT2D eigenvalue weighted by atomic mass is 10.1. The molecule has 4 heteroatoms. The number of rotatable bonds is 3. The van der Waals surface area contributed by atoms with Crippen molar-refractivity contribution in [1.82, 2.24) is 0 Å². The van der Waals surface area contributed by atoms with Crippen molar-refractivity contribution in [1.29, 1.82) is 0 Å². The van der Waals surface area contributed by atoms with Crippen LogP contribution in [0.2, 0.25) is 5.02 Å². The summed E-state index contributed by atoms with van der Waals surface area (Å²) in [5.74, 6) is 0.485. The zero-order valence-corrected chi connectivity index (χ0v) is 10.3. The molecule has 0 aromatic heterocycles. The predicted octanol–water partition coefficient (Wildman–Crippen LogP) is 3.70. The van der Waals surface area contributed by atoms with E-state index in [0.29, 0.717) is 27.4 Å². The van der Waals surface area contributed by atoms with Crippen molar-refractivity contribution in [3.05, 3.63) is 27.2 Å². The molecule has 1 rings (SSSR count). The fourth-order valence-electron chi connectivity index (χ4n) is 1.09. The number of hydrogen-bond acceptors (Lipinski definition) is 2. The lowest BCUT2D eigenvalue weighted by molar-refractivity contribution is 0.101. The maximum atomic E-state index is 11.3. The molecule has 0 unspecified atom stereocenters. The molecule has 76 valence electrons. The molecule has 14 heavy (non-hydrogen) atoms. The minimum absolute atomic E-state index is 0.0363. The number of halogens is 2. The van der Waals surface area contributed by atoms with E-state index in [9.17, 15) is 4.79 Å². The van der Waals surface area contributed by atoms with Crippen LogP contribution in [0, 0.1) is 0 Å². The second-order valence-electron chi connectivity index (χ2n) is 2.73. The highest BCUT2D eigenvalue weighted by Crippen LogP contribution is 2.35. The molecule has 0 aliphatic rings. The standard InChI is InChI=1S/C10H10BrClO2/c1-3-14-10-7(6(2)13)4-5-8(12)9(10)11/h4-5H,3H2,1-2H3. The fourth-order valence-corrected chi connectivity index (χ4v) is 1.70. The van der Waals surface area contributed by atoms with Gasteiger partial charge in [0.2, 0.25) is 0 Å². The van der Waals surface area contributed by atoms with Gasteiger partial charge in [-0.2, -0.15) is 0 Å². The van der Waals surface area contributed by atoms with Crippen molar-refractivity contribution in [2.75, 3.05) is 6.61 Å². The van der Waals surface area contributed by atoms with Crippen LogP contribution in [0.1, 0.15) is 24.2 Å². The largest absolute Gasteiger partial charge is 0.492 e. The van der Waals surface area contributed by atoms with Gasteiger partial charge in [0.05, 0.1) is 21.7 Å². The average molecular weight is 278 g/mol. The van der Waals surface area contributed by atoms with Gasteiger partial charge in [0.1, 0.15) is 5.75 Å². The van der Waals surface area contributed by atoms with E-state index in [0.717, 1.165) is 0 Å². The SMILES string of the molecule is CCOc1c(C(C)=O)ccc(Cl)c1Br. The van der Waals surface area contributed by atoms with Crippen molar-refractivity contribution in [3.63, 3.8) is 0 Å². The summed E-state index contributed by atoms with van der Waals surface area (Å²) in [6, 6.07) is 3.34. The van der Waals surface area contributed by atoms with E-state index in [1.54, 1.807) is 12.1 Å². The first-order chi connectivity index (χ1) is 6.57. The fraction of sp³-hybridized carbons (Fsp3) is 0.300. The molecule has 0 fully saturated rings. The number of hydrogen-bond donors (Lipinski definition) is 0. The van der Waals surface area contributed by atoms with E-state index in [1.807, 2.05) is 6.92 Å². The Balaban J connectivity index is 3.29. The number of ether oxygens (including phenoxy) is 1. The van der Waals surface area contributed by atoms with Crippen LogP contribution in [-0.2, 0) is 0 Å². The Kier molecular flexibility index (Phi) is 3.96. The number of carbonyl (C=O) groups is 1. The van der Waals surface area contributed by atoms with Crippen molar-refractivity contribution in [2.45, 2.75) is 13.8 Å². The van der Waals surface area contributed by atoms with Crippen LogP contribution in [0.3, 0.4) is 0 Å². The highest BCUT2D eigenvalue weighted by Gasteiger charge is 2.14. The zero-order valence-electron chi connectivity index (χ0n) is 7.93. The van der Waals surface area contributed by atoms with Crippen molar-refractivity contribution >= 4 is 33.3 Å². The molecule has 0 saturated carbocycles. The van der Waals surface area contributed by atoms with Crippen LogP contribution in [-0.4, -0.2) is 12.4 Å². The van der Waals surface area contributed by atoms with Gasteiger partial charge in [0.25, 0.3) is 0 Å². The summed E-state index contributed by atoms with van der Waals surface area (Å²) in [5.41, 5.74) is 0.545. The van der Waals surface area contributed by atoms with E-state index in [4.69, 9.17) is 16.3 Å². The van der Waals surface area contributed by atoms with Gasteiger partial charge in [0, 0.05) is 0 Å². The van der Waals surface area contributed by atoms with Crippen molar-refractivity contribution in [2.24, 2.45) is 0 Å². The van der Waals surface area contributed by atoms with Gasteiger partial charge in [-0.05, 0) is 41.9 Å². The van der Waals surface area contributed by atoms with Gasteiger partial charge in [-0.25, -0.2) is 0 Å². The highest BCUT2D eigenvalue weighted by atomic mass is 79.9. The smallest absolute Gasteiger partial charge is 0.163 e. The summed E-state index contributed by atoms with van der Waals surface area (Å²) >= 11 is 9.18. The summed E-state index contributed by atoms with van der Waals surface area (Å²) in [5, 5.41) is 0.540. The van der Waals surface area contributed by atoms with E-state index in [-0.39, 0.29) is 5.78 Å². The summed E-state index contributed by atoms with van der Waals surface area (Å²) in [4.78, 5) is 11.3. The molecule has 0 bridgehead atoms. The number of ketones is 1. The second-order valence-corrected chi connectivity index (χ2v) is 3.93. The minimum Gasteiger partial charge on any atom is -0.492 e. The molecular formula is C10H10BrClO2. The molecule has 0 spiro atoms. The molecular weight excluding hydrogens is 267 g/mol. The predicted molar refractivity (Wildman–Crippen MR) is 60.3 cm³/mol. The van der Waals surface area contributed by atoms with E-state index in [2.05, 4.69) is 15.9 Å². The Morgan fingerprint density at radius 3 is 2.71 bits per heavy atom. The second kappa shape index (κ2) is 4.80. The molecule has 0 radical (unpaired) electrons. The monoisotopic (exact) mass is 276 g/mol. The molecule has 2 nitrogen and oxygen atoms in total. The Morgan fingerprint density at radius 1 is 1.57 bits per heavy atom. The third kappa shape index (κ3) is 2.28. The molecule has 0 amide bonds. The normalized spacial score (nSPS) is 10.0. The molecule has 0 saturated heterocycles. The topological polar surface area (TPSA) is 26.3 Å². The Labute approximate surface area is 96.3 Å². The van der Waals surface area contributed by atoms with E-state index >= 15 is 0 Å². The lowest BCUT2D eigenvalue weighted by Gasteiger charge is -2.10. The molecule has 0 aliphatic carbocycles. The van der Waals surface area contributed by atoms with Gasteiger partial charge in [-0.3, -0.25) is 4.79 Å². The Morgan fingerprint density at radius 2 is 2.21 bits per heavy atom. The lowest BCUT2D eigenvalue weighted by Crippen LogP contribution is -2.01. The van der Waals surface area contributed by atoms with Crippen LogP contribution in [0.25, 0.3) is 0 Å². The molecule has 1 aromatic rings. The minimum atomic E-state index is -0.0363. The third-order valence-corrected chi connectivity index (χ3v) is 3.05. The van der Waals surface area contributed by atoms with Gasteiger partial charge in [-0.15, -0.1) is 0 Å². The molecule has 0 N–H and O–H groups in total. The van der Waals surface area contributed by atoms with Crippen molar-refractivity contribution < 1.29 is 9.53 Å². The quantitative estimate of drug-likeness (QED) is 0.787. The van der Waals surface area contributed by atoms with Crippen molar-refractivity contribution in [3.8, 4) is 5.75 Å². The van der Waals surface area contributed by atoms with Gasteiger partial charge in [-0.1, -0.05) is 11.6 Å². The van der Waals surface area contributed by atoms with Gasteiger partial charge in [0.15, 0.2) is 5.78 Å². The maximum Gasteiger partial charge on any atom is 0.163 e. The zero-order chi connectivity index (χ0) is 10.7. The van der Waals surface area contributed by atoms with Gasteiger partial charge >= 0.3 is 0 Å². The molecule has 1 aromatic carbocycles. The van der Waals surface area contributed by atoms with Crippen LogP contribution in [0.5, 0.6) is 5.75 Å². The van der Waals surface area contributed by atoms with E-state index in [1.165, 1.54) is 6.92 Å². The molecule has 0 aliphatic heterocycles. The highest BCUT2D eigenvalue weighted by molar-refractivity contribution is 9.10. The summed E-state index contributed by atoms with van der Waals surface area (Å²) in [6.07, 6.45) is 0. The summed E-state index contributed by atoms with van der Waals surface area (Å²) < 4.78 is 5.99. The first-order valence-corrected chi connectivity index (χ1v) is 5.36. The number of benzene rings is 1. The van der Waals surface area contributed by atoms with Crippen LogP contribution in [0.15, 0.2) is 16.6 Å². The Hall–Kier alpha value is -0.540. The number of carbonyl (C=O) groups excluding carboxylic acids is 1. The number of Topliss-reactive ketones (excluding diaryl/α,β-unsaturated/α-hetero) is 1. The Bertz CT molecular complexity index is 363. The first kappa shape index (κ1) is 11.5. The average Bonchev–Trinajstić information content (AvgIpc) is 2.13. The van der Waals surface area contributed by atoms with Crippen LogP contribution in [0.4, 0.5) is 0 Å². The molecule has 0 atom stereocenters. The maximum absolute atomic E-state index is 11.3. The summed E-state index contributed by atoms with van der Waals surface area (Å²) in [6.45, 7) is 3.86. The first-order valence-electron chi connectivity index (χ1n) is 4.19. The summed E-state index contributed by atoms with van der Waals surface area (Å²) in [7, 11) is 0. The van der Waals surface area contributed by atoms with Gasteiger partial charge < -0.3 is 4.74 Å². The van der Waals surface area contributed by atoms with Crippen LogP contribution < -0.4 is 4.74 Å².